The van der Waals surface area contributed by atoms with Crippen LogP contribution in [0, 0.1) is 0 Å². The monoisotopic (exact) mass is 317 g/mol. The fraction of sp³-hybridized carbons (Fsp3) is 0.235. The molecule has 0 atom stereocenters. The number of thiocarbonyl (C=S) groups is 1. The van der Waals surface area contributed by atoms with E-state index in [0.717, 1.165) is 22.8 Å². The molecule has 2 N–H and O–H groups in total. The van der Waals surface area contributed by atoms with Gasteiger partial charge in [0.1, 0.15) is 24.0 Å². The molecule has 0 saturated heterocycles. The first-order chi connectivity index (χ1) is 10.7. The fourth-order valence-corrected chi connectivity index (χ4v) is 2.01. The molecule has 4 nitrogen and oxygen atoms in total. The van der Waals surface area contributed by atoms with Gasteiger partial charge in [-0.25, -0.2) is 0 Å². The van der Waals surface area contributed by atoms with Crippen molar-refractivity contribution < 1.29 is 14.2 Å². The van der Waals surface area contributed by atoms with Gasteiger partial charge in [0.15, 0.2) is 11.5 Å². The summed E-state index contributed by atoms with van der Waals surface area (Å²) in [5, 5.41) is 0. The van der Waals surface area contributed by atoms with E-state index < -0.39 is 0 Å². The van der Waals surface area contributed by atoms with Crippen LogP contribution in [0.5, 0.6) is 17.2 Å². The maximum atomic E-state index is 5.68. The van der Waals surface area contributed by atoms with Crippen molar-refractivity contribution in [3.05, 3.63) is 54.1 Å². The Morgan fingerprint density at radius 1 is 0.909 bits per heavy atom. The first-order valence-corrected chi connectivity index (χ1v) is 7.49. The first-order valence-electron chi connectivity index (χ1n) is 7.08. The third kappa shape index (κ3) is 4.63. The molecule has 2 aromatic carbocycles. The number of benzene rings is 2. The molecule has 0 aliphatic rings. The van der Waals surface area contributed by atoms with E-state index in [1.165, 1.54) is 0 Å². The Bertz CT molecular complexity index is 614. The van der Waals surface area contributed by atoms with E-state index in [1.807, 2.05) is 55.5 Å². The molecule has 0 heterocycles. The molecule has 0 fully saturated rings. The van der Waals surface area contributed by atoms with Gasteiger partial charge in [0.05, 0.1) is 6.61 Å². The number of nitrogens with two attached hydrogens (primary N) is 1. The van der Waals surface area contributed by atoms with Crippen LogP contribution in [0.25, 0.3) is 0 Å². The van der Waals surface area contributed by atoms with Gasteiger partial charge in [-0.05, 0) is 43.3 Å². The van der Waals surface area contributed by atoms with E-state index in [-0.39, 0.29) is 0 Å². The Balaban J connectivity index is 1.81. The average Bonchev–Trinajstić information content (AvgIpc) is 2.53. The molecular weight excluding hydrogens is 298 g/mol. The van der Waals surface area contributed by atoms with Gasteiger partial charge in [-0.15, -0.1) is 0 Å². The molecule has 0 aliphatic heterocycles. The standard InChI is InChI=1S/C17H19NO3S/c1-2-19-15-5-3-4-6-16(15)21-12-11-20-14-9-7-13(8-10-14)17(18)22/h3-10H,2,11-12H2,1H3,(H2,18,22). The molecule has 0 radical (unpaired) electrons. The van der Waals surface area contributed by atoms with Gasteiger partial charge in [0, 0.05) is 5.56 Å². The van der Waals surface area contributed by atoms with E-state index in [0.29, 0.717) is 24.8 Å². The van der Waals surface area contributed by atoms with Crippen molar-refractivity contribution in [3.63, 3.8) is 0 Å². The molecule has 22 heavy (non-hydrogen) atoms. The van der Waals surface area contributed by atoms with Gasteiger partial charge >= 0.3 is 0 Å². The second kappa shape index (κ2) is 8.24. The van der Waals surface area contributed by atoms with Crippen molar-refractivity contribution in [2.45, 2.75) is 6.92 Å². The minimum atomic E-state index is 0.377. The predicted octanol–water partition coefficient (Wildman–Crippen LogP) is 3.18. The summed E-state index contributed by atoms with van der Waals surface area (Å²) in [4.78, 5) is 0.377. The normalized spacial score (nSPS) is 10.0. The molecule has 116 valence electrons. The van der Waals surface area contributed by atoms with Crippen LogP contribution in [-0.2, 0) is 0 Å². The van der Waals surface area contributed by atoms with Crippen LogP contribution in [0.1, 0.15) is 12.5 Å². The molecule has 2 aromatic rings. The average molecular weight is 317 g/mol. The number of rotatable bonds is 8. The topological polar surface area (TPSA) is 53.7 Å². The molecule has 0 spiro atoms. The summed E-state index contributed by atoms with van der Waals surface area (Å²) < 4.78 is 16.8. The molecule has 0 aliphatic carbocycles. The van der Waals surface area contributed by atoms with Crippen molar-refractivity contribution in [1.29, 1.82) is 0 Å². The Labute approximate surface area is 135 Å². The van der Waals surface area contributed by atoms with Crippen LogP contribution in [0.3, 0.4) is 0 Å². The highest BCUT2D eigenvalue weighted by atomic mass is 32.1. The third-order valence-electron chi connectivity index (χ3n) is 2.90. The van der Waals surface area contributed by atoms with Crippen molar-refractivity contribution in [2.24, 2.45) is 5.73 Å². The molecule has 0 amide bonds. The van der Waals surface area contributed by atoms with Crippen LogP contribution in [0.15, 0.2) is 48.5 Å². The van der Waals surface area contributed by atoms with E-state index in [1.54, 1.807) is 0 Å². The SMILES string of the molecule is CCOc1ccccc1OCCOc1ccc(C(N)=S)cc1. The van der Waals surface area contributed by atoms with Gasteiger partial charge in [-0.2, -0.15) is 0 Å². The Hall–Kier alpha value is -2.27. The van der Waals surface area contributed by atoms with E-state index in [2.05, 4.69) is 0 Å². The van der Waals surface area contributed by atoms with Crippen molar-refractivity contribution in [3.8, 4) is 17.2 Å². The summed E-state index contributed by atoms with van der Waals surface area (Å²) in [6.45, 7) is 3.41. The molecule has 0 aromatic heterocycles. The zero-order valence-electron chi connectivity index (χ0n) is 12.5. The van der Waals surface area contributed by atoms with Crippen LogP contribution in [0.2, 0.25) is 0 Å². The van der Waals surface area contributed by atoms with Crippen LogP contribution < -0.4 is 19.9 Å². The second-order valence-electron chi connectivity index (χ2n) is 4.47. The lowest BCUT2D eigenvalue weighted by atomic mass is 10.2. The van der Waals surface area contributed by atoms with Crippen LogP contribution in [0.4, 0.5) is 0 Å². The Morgan fingerprint density at radius 3 is 2.09 bits per heavy atom. The predicted molar refractivity (Wildman–Crippen MR) is 90.9 cm³/mol. The molecule has 5 heteroatoms. The summed E-state index contributed by atoms with van der Waals surface area (Å²) in [5.41, 5.74) is 6.37. The largest absolute Gasteiger partial charge is 0.490 e. The number of ether oxygens (including phenoxy) is 3. The minimum Gasteiger partial charge on any atom is -0.490 e. The Kier molecular flexibility index (Phi) is 6.03. The van der Waals surface area contributed by atoms with Gasteiger partial charge in [0.25, 0.3) is 0 Å². The summed E-state index contributed by atoms with van der Waals surface area (Å²) in [6, 6.07) is 14.9. The maximum Gasteiger partial charge on any atom is 0.161 e. The Morgan fingerprint density at radius 2 is 1.50 bits per heavy atom. The number of para-hydroxylation sites is 2. The zero-order valence-corrected chi connectivity index (χ0v) is 13.3. The molecule has 0 saturated carbocycles. The van der Waals surface area contributed by atoms with Crippen molar-refractivity contribution in [1.82, 2.24) is 0 Å². The van der Waals surface area contributed by atoms with Crippen LogP contribution >= 0.6 is 12.2 Å². The zero-order chi connectivity index (χ0) is 15.8. The second-order valence-corrected chi connectivity index (χ2v) is 4.91. The highest BCUT2D eigenvalue weighted by molar-refractivity contribution is 7.80. The molecule has 0 bridgehead atoms. The molecule has 0 unspecified atom stereocenters. The van der Waals surface area contributed by atoms with Crippen molar-refractivity contribution >= 4 is 17.2 Å². The summed E-state index contributed by atoms with van der Waals surface area (Å²) in [5.74, 6) is 2.21. The minimum absolute atomic E-state index is 0.377. The van der Waals surface area contributed by atoms with Crippen molar-refractivity contribution in [2.75, 3.05) is 19.8 Å². The molecule has 2 rings (SSSR count). The van der Waals surface area contributed by atoms with E-state index in [9.17, 15) is 0 Å². The number of hydrogen-bond donors (Lipinski definition) is 1. The van der Waals surface area contributed by atoms with Gasteiger partial charge < -0.3 is 19.9 Å². The highest BCUT2D eigenvalue weighted by Gasteiger charge is 2.03. The third-order valence-corrected chi connectivity index (χ3v) is 3.13. The lowest BCUT2D eigenvalue weighted by Crippen LogP contribution is -2.11. The fourth-order valence-electron chi connectivity index (χ4n) is 1.87. The van der Waals surface area contributed by atoms with Gasteiger partial charge in [-0.1, -0.05) is 24.4 Å². The van der Waals surface area contributed by atoms with Gasteiger partial charge in [-0.3, -0.25) is 0 Å². The highest BCUT2D eigenvalue weighted by Crippen LogP contribution is 2.26. The van der Waals surface area contributed by atoms with E-state index in [4.69, 9.17) is 32.2 Å². The summed E-state index contributed by atoms with van der Waals surface area (Å²) in [6.07, 6.45) is 0. The maximum absolute atomic E-state index is 5.68. The lowest BCUT2D eigenvalue weighted by molar-refractivity contribution is 0.208. The lowest BCUT2D eigenvalue weighted by Gasteiger charge is -2.12. The van der Waals surface area contributed by atoms with Gasteiger partial charge in [0.2, 0.25) is 0 Å². The summed E-state index contributed by atoms with van der Waals surface area (Å²) in [7, 11) is 0. The van der Waals surface area contributed by atoms with E-state index >= 15 is 0 Å². The smallest absolute Gasteiger partial charge is 0.161 e. The molecular formula is C17H19NO3S. The van der Waals surface area contributed by atoms with Crippen LogP contribution in [-0.4, -0.2) is 24.8 Å². The first kappa shape index (κ1) is 16.1. The summed E-state index contributed by atoms with van der Waals surface area (Å²) >= 11 is 4.90. The number of hydrogen-bond acceptors (Lipinski definition) is 4. The quantitative estimate of drug-likeness (QED) is 0.598.